The average Bonchev–Trinajstić information content (AvgIpc) is 3.48. The third-order valence-corrected chi connectivity index (χ3v) is 7.28. The van der Waals surface area contributed by atoms with Crippen LogP contribution < -0.4 is 5.32 Å². The molecule has 6 nitrogen and oxygen atoms in total. The van der Waals surface area contributed by atoms with Crippen molar-refractivity contribution < 1.29 is 9.90 Å². The van der Waals surface area contributed by atoms with Gasteiger partial charge in [-0.3, -0.25) is 9.69 Å². The van der Waals surface area contributed by atoms with Crippen LogP contribution in [0, 0.1) is 0 Å². The van der Waals surface area contributed by atoms with Crippen LogP contribution in [0.25, 0.3) is 0 Å². The number of aromatic nitrogens is 2. The highest BCUT2D eigenvalue weighted by Crippen LogP contribution is 2.39. The summed E-state index contributed by atoms with van der Waals surface area (Å²) in [6.07, 6.45) is 12.6. The molecule has 3 atom stereocenters. The minimum atomic E-state index is -0.283. The molecule has 168 valence electrons. The molecule has 2 aliphatic rings. The smallest absolute Gasteiger partial charge is 0.220 e. The highest BCUT2D eigenvalue weighted by Gasteiger charge is 2.40. The Balaban J connectivity index is 1.40. The molecule has 0 spiro atoms. The maximum atomic E-state index is 12.6. The van der Waals surface area contributed by atoms with Gasteiger partial charge in [0, 0.05) is 43.4 Å². The van der Waals surface area contributed by atoms with E-state index in [4.69, 9.17) is 0 Å². The Morgan fingerprint density at radius 1 is 1.16 bits per heavy atom. The monoisotopic (exact) mass is 424 g/mol. The molecule has 1 aliphatic heterocycles. The lowest BCUT2D eigenvalue weighted by molar-refractivity contribution is -0.121. The number of imidazole rings is 1. The fourth-order valence-electron chi connectivity index (χ4n) is 5.41. The van der Waals surface area contributed by atoms with E-state index in [1.54, 1.807) is 12.5 Å². The molecule has 4 rings (SSSR count). The summed E-state index contributed by atoms with van der Waals surface area (Å²) in [5, 5.41) is 14.2. The molecular weight excluding hydrogens is 388 g/mol. The van der Waals surface area contributed by atoms with Crippen LogP contribution in [0.1, 0.15) is 56.9 Å². The first kappa shape index (κ1) is 22.0. The van der Waals surface area contributed by atoms with Crippen molar-refractivity contribution in [3.8, 4) is 0 Å². The quantitative estimate of drug-likeness (QED) is 0.639. The van der Waals surface area contributed by atoms with E-state index in [0.717, 1.165) is 51.7 Å². The van der Waals surface area contributed by atoms with E-state index in [0.29, 0.717) is 13.0 Å². The molecule has 0 unspecified atom stereocenters. The van der Waals surface area contributed by atoms with Gasteiger partial charge in [0.2, 0.25) is 5.91 Å². The minimum absolute atomic E-state index is 0.108. The third kappa shape index (κ3) is 5.55. The zero-order chi connectivity index (χ0) is 21.5. The molecular formula is C25H36N4O2. The number of amides is 1. The molecule has 1 aliphatic carbocycles. The molecule has 1 saturated carbocycles. The van der Waals surface area contributed by atoms with Crippen molar-refractivity contribution in [2.24, 2.45) is 0 Å². The van der Waals surface area contributed by atoms with Gasteiger partial charge in [-0.15, -0.1) is 0 Å². The van der Waals surface area contributed by atoms with Crippen LogP contribution in [-0.2, 0) is 16.8 Å². The molecule has 2 aromatic rings. The lowest BCUT2D eigenvalue weighted by Crippen LogP contribution is -2.42. The summed E-state index contributed by atoms with van der Waals surface area (Å²) in [5.41, 5.74) is 1.17. The molecule has 0 radical (unpaired) electrons. The Bertz CT molecular complexity index is 804. The number of hydrogen-bond acceptors (Lipinski definition) is 4. The molecule has 6 heteroatoms. The second-order valence-corrected chi connectivity index (χ2v) is 9.28. The number of aliphatic hydroxyl groups excluding tert-OH is 1. The van der Waals surface area contributed by atoms with Crippen LogP contribution in [0.15, 0.2) is 49.1 Å². The fourth-order valence-corrected chi connectivity index (χ4v) is 5.41. The molecule has 1 aromatic heterocycles. The van der Waals surface area contributed by atoms with Gasteiger partial charge in [0.05, 0.1) is 12.4 Å². The van der Waals surface area contributed by atoms with Gasteiger partial charge in [-0.1, -0.05) is 30.3 Å². The number of hydrogen-bond donors (Lipinski definition) is 2. The van der Waals surface area contributed by atoms with Crippen LogP contribution >= 0.6 is 0 Å². The summed E-state index contributed by atoms with van der Waals surface area (Å²) in [6, 6.07) is 10.8. The number of benzene rings is 1. The van der Waals surface area contributed by atoms with E-state index in [1.165, 1.54) is 18.4 Å². The number of likely N-dealkylation sites (tertiary alicyclic amines) is 1. The molecule has 2 fully saturated rings. The summed E-state index contributed by atoms with van der Waals surface area (Å²) in [6.45, 7) is 3.66. The molecule has 1 saturated heterocycles. The third-order valence-electron chi connectivity index (χ3n) is 7.28. The normalized spacial score (nSPS) is 27.1. The van der Waals surface area contributed by atoms with Crippen LogP contribution in [0.3, 0.4) is 0 Å². The number of aryl methyl sites for hydroxylation is 1. The maximum absolute atomic E-state index is 12.6. The van der Waals surface area contributed by atoms with Crippen molar-refractivity contribution in [2.45, 2.75) is 75.5 Å². The summed E-state index contributed by atoms with van der Waals surface area (Å²) < 4.78 is 2.00. The zero-order valence-electron chi connectivity index (χ0n) is 18.5. The number of rotatable bonds is 8. The Kier molecular flexibility index (Phi) is 7.41. The first-order valence-corrected chi connectivity index (χ1v) is 11.9. The van der Waals surface area contributed by atoms with Gasteiger partial charge in [0.1, 0.15) is 0 Å². The van der Waals surface area contributed by atoms with E-state index >= 15 is 0 Å². The molecule has 1 amide bonds. The summed E-state index contributed by atoms with van der Waals surface area (Å²) >= 11 is 0. The molecule has 2 N–H and O–H groups in total. The predicted octanol–water partition coefficient (Wildman–Crippen LogP) is 3.12. The number of carbonyl (C=O) groups excluding carboxylic acids is 1. The second-order valence-electron chi connectivity index (χ2n) is 9.28. The van der Waals surface area contributed by atoms with Gasteiger partial charge < -0.3 is 15.0 Å². The Morgan fingerprint density at radius 2 is 1.94 bits per heavy atom. The highest BCUT2D eigenvalue weighted by molar-refractivity contribution is 5.76. The van der Waals surface area contributed by atoms with E-state index in [-0.39, 0.29) is 23.5 Å². The van der Waals surface area contributed by atoms with Crippen molar-refractivity contribution in [1.29, 1.82) is 0 Å². The molecule has 0 bridgehead atoms. The lowest BCUT2D eigenvalue weighted by atomic mass is 9.74. The summed E-state index contributed by atoms with van der Waals surface area (Å²) in [5.74, 6) is 0.108. The van der Waals surface area contributed by atoms with Crippen LogP contribution in [-0.4, -0.2) is 57.2 Å². The zero-order valence-corrected chi connectivity index (χ0v) is 18.5. The first-order valence-electron chi connectivity index (χ1n) is 11.9. The van der Waals surface area contributed by atoms with Gasteiger partial charge in [-0.2, -0.15) is 0 Å². The van der Waals surface area contributed by atoms with Gasteiger partial charge in [0.25, 0.3) is 0 Å². The van der Waals surface area contributed by atoms with Gasteiger partial charge in [-0.25, -0.2) is 4.98 Å². The summed E-state index contributed by atoms with van der Waals surface area (Å²) in [7, 11) is 0. The lowest BCUT2D eigenvalue weighted by Gasteiger charge is -2.34. The number of nitrogens with one attached hydrogen (secondary N) is 1. The highest BCUT2D eigenvalue weighted by atomic mass is 16.3. The minimum Gasteiger partial charge on any atom is -0.391 e. The van der Waals surface area contributed by atoms with Crippen molar-refractivity contribution in [1.82, 2.24) is 19.8 Å². The number of nitrogens with zero attached hydrogens (tertiary/aromatic N) is 3. The van der Waals surface area contributed by atoms with Gasteiger partial charge >= 0.3 is 0 Å². The molecule has 2 heterocycles. The largest absolute Gasteiger partial charge is 0.391 e. The van der Waals surface area contributed by atoms with E-state index < -0.39 is 0 Å². The SMILES string of the molecule is O=C(CCCn1ccnc1)NC[C@@]1(c2ccccc2)CC[C@H](O)[C@@H](N2CCCC2)CC1. The van der Waals surface area contributed by atoms with Gasteiger partial charge in [-0.05, 0) is 63.6 Å². The van der Waals surface area contributed by atoms with Crippen molar-refractivity contribution >= 4 is 5.91 Å². The topological polar surface area (TPSA) is 70.4 Å². The number of carbonyl (C=O) groups is 1. The van der Waals surface area contributed by atoms with E-state index in [1.807, 2.05) is 16.8 Å². The van der Waals surface area contributed by atoms with Crippen molar-refractivity contribution in [2.75, 3.05) is 19.6 Å². The van der Waals surface area contributed by atoms with Crippen LogP contribution in [0.4, 0.5) is 0 Å². The second kappa shape index (κ2) is 10.4. The molecule has 1 aromatic carbocycles. The summed E-state index contributed by atoms with van der Waals surface area (Å²) in [4.78, 5) is 19.2. The number of aliphatic hydroxyl groups is 1. The fraction of sp³-hybridized carbons (Fsp3) is 0.600. The molecule has 31 heavy (non-hydrogen) atoms. The Hall–Kier alpha value is -2.18. The van der Waals surface area contributed by atoms with E-state index in [2.05, 4.69) is 39.5 Å². The average molecular weight is 425 g/mol. The van der Waals surface area contributed by atoms with E-state index in [9.17, 15) is 9.90 Å². The Labute approximate surface area is 185 Å². The predicted molar refractivity (Wildman–Crippen MR) is 122 cm³/mol. The van der Waals surface area contributed by atoms with Crippen LogP contribution in [0.2, 0.25) is 0 Å². The standard InChI is InChI=1S/C25H36N4O2/c30-23-11-13-25(21-7-2-1-3-8-21,12-10-22(23)29-16-4-5-17-29)19-27-24(31)9-6-15-28-18-14-26-20-28/h1-3,7-8,14,18,20,22-23,30H,4-6,9-13,15-17,19H2,(H,27,31)/t22-,23-,25-/m0/s1. The van der Waals surface area contributed by atoms with Crippen molar-refractivity contribution in [3.05, 3.63) is 54.6 Å². The maximum Gasteiger partial charge on any atom is 0.220 e. The first-order chi connectivity index (χ1) is 15.2. The van der Waals surface area contributed by atoms with Crippen molar-refractivity contribution in [3.63, 3.8) is 0 Å². The van der Waals surface area contributed by atoms with Gasteiger partial charge in [0.15, 0.2) is 0 Å². The Morgan fingerprint density at radius 3 is 2.68 bits per heavy atom. The van der Waals surface area contributed by atoms with Crippen LogP contribution in [0.5, 0.6) is 0 Å².